The monoisotopic (exact) mass is 1160 g/mol. The zero-order chi connectivity index (χ0) is 58.4. The van der Waals surface area contributed by atoms with Crippen LogP contribution in [0.25, 0.3) is 11.1 Å². The summed E-state index contributed by atoms with van der Waals surface area (Å²) < 4.78 is 46.8. The van der Waals surface area contributed by atoms with Crippen LogP contribution >= 0.6 is 0 Å². The maximum atomic E-state index is 12.9. The van der Waals surface area contributed by atoms with E-state index in [0.717, 1.165) is 44.1 Å². The van der Waals surface area contributed by atoms with E-state index < -0.39 is 29.2 Å². The van der Waals surface area contributed by atoms with Gasteiger partial charge in [0.25, 0.3) is 5.91 Å². The number of oxazole rings is 1. The Morgan fingerprint density at radius 3 is 1.64 bits per heavy atom. The lowest BCUT2D eigenvalue weighted by atomic mass is 10.0. The first-order chi connectivity index (χ1) is 39.5. The first-order valence-corrected chi connectivity index (χ1v) is 32.6. The maximum absolute atomic E-state index is 12.9. The molecule has 1 heterocycles. The third-order valence-corrected chi connectivity index (χ3v) is 15.3. The fraction of sp³-hybridized carbons (Fsp3) is 0.734. The van der Waals surface area contributed by atoms with Crippen LogP contribution in [0, 0.1) is 6.92 Å². The van der Waals surface area contributed by atoms with Gasteiger partial charge in [0.15, 0.2) is 29.8 Å². The van der Waals surface area contributed by atoms with E-state index >= 15 is 0 Å². The topological polar surface area (TPSA) is 211 Å². The summed E-state index contributed by atoms with van der Waals surface area (Å²) in [7, 11) is 0. The number of hydrogen-bond acceptors (Lipinski definition) is 13. The average Bonchev–Trinajstić information content (AvgIpc) is 3.91. The number of carbonyl (C=O) groups excluding carboxylic acids is 4. The summed E-state index contributed by atoms with van der Waals surface area (Å²) in [5.74, 6) is -1.90. The van der Waals surface area contributed by atoms with Crippen molar-refractivity contribution in [2.24, 2.45) is 0 Å². The van der Waals surface area contributed by atoms with Crippen molar-refractivity contribution >= 4 is 46.2 Å². The molecule has 16 nitrogen and oxygen atoms in total. The molecule has 2 amide bonds. The molecule has 3 rings (SSSR count). The first-order valence-electron chi connectivity index (χ1n) is 31.6. The number of aryl methyl sites for hydroxylation is 1. The minimum absolute atomic E-state index is 0.0872. The van der Waals surface area contributed by atoms with Crippen molar-refractivity contribution in [2.45, 2.75) is 265 Å². The second-order valence-corrected chi connectivity index (χ2v) is 22.9. The Balaban J connectivity index is 1.25. The zero-order valence-corrected chi connectivity index (χ0v) is 51.0. The number of ether oxygens (including phenoxy) is 3. The summed E-state index contributed by atoms with van der Waals surface area (Å²) in [6.45, 7) is 6.19. The van der Waals surface area contributed by atoms with Gasteiger partial charge >= 0.3 is 29.1 Å². The molecule has 0 spiro atoms. The molecule has 1 aromatic heterocycles. The Morgan fingerprint density at radius 1 is 0.580 bits per heavy atom. The van der Waals surface area contributed by atoms with Crippen LogP contribution in [0.3, 0.4) is 0 Å². The van der Waals surface area contributed by atoms with E-state index in [2.05, 4.69) is 24.5 Å². The number of benzene rings is 2. The fourth-order valence-electron chi connectivity index (χ4n) is 9.75. The molecule has 3 aromatic rings. The van der Waals surface area contributed by atoms with Crippen molar-refractivity contribution < 1.29 is 55.5 Å². The van der Waals surface area contributed by atoms with Crippen LogP contribution in [-0.4, -0.2) is 83.3 Å². The standard InChI is InChI=1S/C64H105N3O13S/c1-4-6-8-10-12-14-16-18-20-22-24-26-28-30-34-38-62(71)76-50-55(79-63(72)39-35-31-29-27-25-23-21-19-17-15-13-11-9-7-5-2)51-78-81(74)77-46-45-66-60(69)37-33-32-36-44-65-61(70)52-75-59-43-41-54(48-57(59)68)49-67-56-47-53(3)40-42-58(56)80-64(67)73/h40-43,47-48,55,68H,4-39,44-46,49-52H2,1-3H3,(H,65,70)(H,66,69). The van der Waals surface area contributed by atoms with E-state index in [0.29, 0.717) is 48.9 Å². The van der Waals surface area contributed by atoms with E-state index in [-0.39, 0.29) is 88.1 Å². The normalized spacial score (nSPS) is 12.1. The summed E-state index contributed by atoms with van der Waals surface area (Å²) >= 11 is -2.21. The van der Waals surface area contributed by atoms with Gasteiger partial charge in [-0.3, -0.25) is 32.1 Å². The predicted octanol–water partition coefficient (Wildman–Crippen LogP) is 14.4. The van der Waals surface area contributed by atoms with E-state index in [9.17, 15) is 33.3 Å². The van der Waals surface area contributed by atoms with E-state index in [1.165, 1.54) is 158 Å². The molecule has 0 aliphatic heterocycles. The molecule has 0 radical (unpaired) electrons. The van der Waals surface area contributed by atoms with Crippen molar-refractivity contribution in [3.05, 3.63) is 58.1 Å². The average molecular weight is 1160 g/mol. The minimum atomic E-state index is -2.21. The number of esters is 2. The minimum Gasteiger partial charge on any atom is -0.504 e. The third-order valence-electron chi connectivity index (χ3n) is 14.6. The summed E-state index contributed by atoms with van der Waals surface area (Å²) in [6, 6.07) is 10.2. The van der Waals surface area contributed by atoms with Crippen LogP contribution in [-0.2, 0) is 54.9 Å². The molecule has 0 aliphatic rings. The number of aromatic hydroxyl groups is 1. The summed E-state index contributed by atoms with van der Waals surface area (Å²) in [4.78, 5) is 62.9. The maximum Gasteiger partial charge on any atom is 0.420 e. The lowest BCUT2D eigenvalue weighted by Gasteiger charge is -2.18. The predicted molar refractivity (Wildman–Crippen MR) is 322 cm³/mol. The largest absolute Gasteiger partial charge is 0.504 e. The number of hydrogen-bond donors (Lipinski definition) is 3. The second kappa shape index (κ2) is 46.7. The van der Waals surface area contributed by atoms with Gasteiger partial charge in [-0.1, -0.05) is 212 Å². The second-order valence-electron chi connectivity index (χ2n) is 22.0. The highest BCUT2D eigenvalue weighted by Crippen LogP contribution is 2.28. The van der Waals surface area contributed by atoms with Crippen LogP contribution in [0.15, 0.2) is 45.6 Å². The Labute approximate surface area is 488 Å². The van der Waals surface area contributed by atoms with Gasteiger partial charge in [-0.25, -0.2) is 4.79 Å². The lowest BCUT2D eigenvalue weighted by Crippen LogP contribution is -2.31. The van der Waals surface area contributed by atoms with Gasteiger partial charge in [0.05, 0.1) is 18.7 Å². The Kier molecular flexibility index (Phi) is 40.7. The molecule has 0 bridgehead atoms. The molecule has 81 heavy (non-hydrogen) atoms. The van der Waals surface area contributed by atoms with Crippen LogP contribution in [0.2, 0.25) is 0 Å². The number of nitrogens with one attached hydrogen (secondary N) is 2. The van der Waals surface area contributed by atoms with Gasteiger partial charge in [-0.2, -0.15) is 4.21 Å². The van der Waals surface area contributed by atoms with E-state index in [1.54, 1.807) is 18.2 Å². The number of phenols is 1. The van der Waals surface area contributed by atoms with Crippen LogP contribution in [0.1, 0.15) is 256 Å². The smallest absolute Gasteiger partial charge is 0.420 e. The highest BCUT2D eigenvalue weighted by atomic mass is 32.2. The molecule has 2 unspecified atom stereocenters. The van der Waals surface area contributed by atoms with Crippen LogP contribution in [0.5, 0.6) is 11.5 Å². The molecule has 0 saturated carbocycles. The molecule has 0 saturated heterocycles. The molecule has 2 aromatic carbocycles. The number of rotatable bonds is 53. The highest BCUT2D eigenvalue weighted by Gasteiger charge is 2.20. The van der Waals surface area contributed by atoms with Gasteiger partial charge in [0, 0.05) is 32.4 Å². The van der Waals surface area contributed by atoms with Crippen molar-refractivity contribution in [2.75, 3.05) is 39.5 Å². The zero-order valence-electron chi connectivity index (χ0n) is 50.1. The van der Waals surface area contributed by atoms with Crippen molar-refractivity contribution in [3.63, 3.8) is 0 Å². The van der Waals surface area contributed by atoms with Gasteiger partial charge in [-0.05, 0) is 68.0 Å². The number of unbranched alkanes of at least 4 members (excludes halogenated alkanes) is 30. The van der Waals surface area contributed by atoms with E-state index in [1.807, 2.05) is 19.1 Å². The molecule has 2 atom stereocenters. The van der Waals surface area contributed by atoms with Crippen molar-refractivity contribution in [1.29, 1.82) is 0 Å². The quantitative estimate of drug-likeness (QED) is 0.0355. The number of aromatic nitrogens is 1. The van der Waals surface area contributed by atoms with Gasteiger partial charge in [0.1, 0.15) is 13.2 Å². The number of fused-ring (bicyclic) bond motifs is 1. The molecule has 460 valence electrons. The number of nitrogens with zero attached hydrogens (tertiary/aromatic N) is 1. The number of amides is 2. The van der Waals surface area contributed by atoms with E-state index in [4.69, 9.17) is 27.0 Å². The molecule has 0 aliphatic carbocycles. The molecule has 0 fully saturated rings. The van der Waals surface area contributed by atoms with Gasteiger partial charge < -0.3 is 34.4 Å². The molecule has 17 heteroatoms. The van der Waals surface area contributed by atoms with Crippen molar-refractivity contribution in [1.82, 2.24) is 15.2 Å². The Hall–Kier alpha value is -4.74. The van der Waals surface area contributed by atoms with Gasteiger partial charge in [0.2, 0.25) is 5.91 Å². The number of carbonyl (C=O) groups is 4. The fourth-order valence-corrected chi connectivity index (χ4v) is 10.3. The summed E-state index contributed by atoms with van der Waals surface area (Å²) in [6.07, 6.45) is 38.6. The number of phenolic OH excluding ortho intramolecular Hbond substituents is 1. The molecular formula is C64H105N3O13S. The third kappa shape index (κ3) is 35.8. The van der Waals surface area contributed by atoms with Gasteiger partial charge in [-0.15, -0.1) is 0 Å². The first kappa shape index (κ1) is 70.5. The SMILES string of the molecule is CCCCCCCCCCCCCCCCCC(=O)OCC(COS(=O)OCCNC(=O)CCCCCNC(=O)COc1ccc(Cn2c(=O)oc3ccc(C)cc32)cc1O)OC(=O)CCCCCCCCCCCCCCCCC. The van der Waals surface area contributed by atoms with Crippen LogP contribution in [0.4, 0.5) is 0 Å². The molecular weight excluding hydrogens is 1050 g/mol. The highest BCUT2D eigenvalue weighted by molar-refractivity contribution is 7.75. The summed E-state index contributed by atoms with van der Waals surface area (Å²) in [5.41, 5.74) is 2.77. The Bertz CT molecular complexity index is 2230. The molecule has 3 N–H and O–H groups in total. The van der Waals surface area contributed by atoms with Crippen LogP contribution < -0.4 is 21.1 Å². The summed E-state index contributed by atoms with van der Waals surface area (Å²) in [5, 5.41) is 16.1. The van der Waals surface area contributed by atoms with Crippen molar-refractivity contribution in [3.8, 4) is 11.5 Å². The Morgan fingerprint density at radius 2 is 1.09 bits per heavy atom. The lowest BCUT2D eigenvalue weighted by molar-refractivity contribution is -0.161.